The molecule has 100 valence electrons. The Balaban J connectivity index is 1.97. The fourth-order valence-electron chi connectivity index (χ4n) is 1.42. The lowest BCUT2D eigenvalue weighted by molar-refractivity contribution is -0.138. The summed E-state index contributed by atoms with van der Waals surface area (Å²) in [6.07, 6.45) is 0. The van der Waals surface area contributed by atoms with Crippen LogP contribution in [0.1, 0.15) is 17.3 Å². The van der Waals surface area contributed by atoms with Gasteiger partial charge in [0.1, 0.15) is 11.9 Å². The van der Waals surface area contributed by atoms with Crippen molar-refractivity contribution in [3.63, 3.8) is 0 Å². The second kappa shape index (κ2) is 5.77. The molecule has 0 aliphatic heterocycles. The summed E-state index contributed by atoms with van der Waals surface area (Å²) in [6, 6.07) is 4.98. The lowest BCUT2D eigenvalue weighted by Gasteiger charge is -2.03. The molecule has 4 N–H and O–H groups in total. The number of rotatable bonds is 5. The molecule has 1 unspecified atom stereocenters. The molecule has 1 aromatic heterocycles. The molecule has 19 heavy (non-hydrogen) atoms. The van der Waals surface area contributed by atoms with Gasteiger partial charge in [0, 0.05) is 11.9 Å². The molecule has 0 saturated heterocycles. The van der Waals surface area contributed by atoms with Gasteiger partial charge in [0.2, 0.25) is 0 Å². The number of carbonyl (C=O) groups is 1. The number of thiazole rings is 1. The third kappa shape index (κ3) is 3.49. The molecule has 2 aromatic rings. The van der Waals surface area contributed by atoms with E-state index in [-0.39, 0.29) is 5.82 Å². The van der Waals surface area contributed by atoms with Gasteiger partial charge in [0.05, 0.1) is 5.69 Å². The maximum atomic E-state index is 12.7. The number of carboxylic acid groups (broad SMARTS) is 1. The van der Waals surface area contributed by atoms with Crippen molar-refractivity contribution in [2.75, 3.05) is 5.32 Å². The monoisotopic (exact) mass is 281 g/mol. The van der Waals surface area contributed by atoms with Crippen molar-refractivity contribution >= 4 is 22.4 Å². The van der Waals surface area contributed by atoms with Gasteiger partial charge in [-0.25, -0.2) is 9.37 Å². The van der Waals surface area contributed by atoms with E-state index in [1.54, 1.807) is 17.5 Å². The summed E-state index contributed by atoms with van der Waals surface area (Å²) >= 11 is 1.28. The second-order valence-electron chi connectivity index (χ2n) is 3.87. The number of nitrogens with zero attached hydrogens (tertiary/aromatic N) is 1. The molecule has 2 rings (SSSR count). The van der Waals surface area contributed by atoms with E-state index in [1.807, 2.05) is 0 Å². The van der Waals surface area contributed by atoms with E-state index >= 15 is 0 Å². The van der Waals surface area contributed by atoms with E-state index in [1.165, 1.54) is 23.5 Å². The number of hydrogen-bond acceptors (Lipinski definition) is 5. The second-order valence-corrected chi connectivity index (χ2v) is 4.73. The predicted molar refractivity (Wildman–Crippen MR) is 70.4 cm³/mol. The molecule has 1 heterocycles. The first kappa shape index (κ1) is 13.4. The molecule has 0 radical (unpaired) electrons. The lowest BCUT2D eigenvalue weighted by atomic mass is 10.2. The van der Waals surface area contributed by atoms with Crippen LogP contribution >= 0.6 is 11.3 Å². The van der Waals surface area contributed by atoms with E-state index in [2.05, 4.69) is 10.3 Å². The van der Waals surface area contributed by atoms with Crippen molar-refractivity contribution in [1.29, 1.82) is 0 Å². The lowest BCUT2D eigenvalue weighted by Crippen LogP contribution is -2.20. The van der Waals surface area contributed by atoms with Gasteiger partial charge < -0.3 is 16.2 Å². The molecule has 0 aliphatic rings. The predicted octanol–water partition coefficient (Wildman–Crippen LogP) is 1.98. The summed E-state index contributed by atoms with van der Waals surface area (Å²) in [5.41, 5.74) is 6.67. The zero-order valence-electron chi connectivity index (χ0n) is 9.84. The summed E-state index contributed by atoms with van der Waals surface area (Å²) in [6.45, 7) is 0.482. The Morgan fingerprint density at radius 3 is 2.79 bits per heavy atom. The number of nitrogens with one attached hydrogen (secondary N) is 1. The van der Waals surface area contributed by atoms with E-state index in [4.69, 9.17) is 10.8 Å². The van der Waals surface area contributed by atoms with Gasteiger partial charge in [-0.1, -0.05) is 12.1 Å². The Kier molecular flexibility index (Phi) is 4.08. The number of benzene rings is 1. The molecule has 0 bridgehead atoms. The minimum absolute atomic E-state index is 0.285. The number of hydrogen-bond donors (Lipinski definition) is 3. The minimum atomic E-state index is -1.12. The quantitative estimate of drug-likeness (QED) is 0.780. The Hall–Kier alpha value is -1.99. The summed E-state index contributed by atoms with van der Waals surface area (Å²) < 4.78 is 12.7. The molecule has 0 aliphatic carbocycles. The Morgan fingerprint density at radius 1 is 1.47 bits per heavy atom. The van der Waals surface area contributed by atoms with E-state index in [9.17, 15) is 9.18 Å². The molecular weight excluding hydrogens is 269 g/mol. The van der Waals surface area contributed by atoms with Crippen LogP contribution in [0.5, 0.6) is 0 Å². The fraction of sp³-hybridized carbons (Fsp3) is 0.167. The van der Waals surface area contributed by atoms with Crippen LogP contribution in [0.4, 0.5) is 9.52 Å². The number of aliphatic carboxylic acids is 1. The van der Waals surface area contributed by atoms with Gasteiger partial charge in [-0.3, -0.25) is 4.79 Å². The zero-order chi connectivity index (χ0) is 13.8. The van der Waals surface area contributed by atoms with Crippen molar-refractivity contribution in [3.8, 4) is 0 Å². The summed E-state index contributed by atoms with van der Waals surface area (Å²) in [5, 5.41) is 14.0. The topological polar surface area (TPSA) is 88.2 Å². The average Bonchev–Trinajstić information content (AvgIpc) is 2.86. The van der Waals surface area contributed by atoms with Crippen LogP contribution in [0.2, 0.25) is 0 Å². The number of carboxylic acids is 1. The molecule has 0 fully saturated rings. The van der Waals surface area contributed by atoms with E-state index in [0.717, 1.165) is 5.56 Å². The Labute approximate surface area is 112 Å². The van der Waals surface area contributed by atoms with Crippen LogP contribution < -0.4 is 11.1 Å². The molecule has 0 saturated carbocycles. The molecule has 5 nitrogen and oxygen atoms in total. The molecular formula is C12H12FN3O2S. The van der Waals surface area contributed by atoms with Crippen molar-refractivity contribution < 1.29 is 14.3 Å². The first-order valence-corrected chi connectivity index (χ1v) is 6.36. The first-order valence-electron chi connectivity index (χ1n) is 5.48. The van der Waals surface area contributed by atoms with Gasteiger partial charge in [0.15, 0.2) is 5.13 Å². The van der Waals surface area contributed by atoms with Gasteiger partial charge in [-0.2, -0.15) is 0 Å². The zero-order valence-corrected chi connectivity index (χ0v) is 10.7. The number of anilines is 1. The fourth-order valence-corrected chi connectivity index (χ4v) is 2.16. The summed E-state index contributed by atoms with van der Waals surface area (Å²) in [4.78, 5) is 14.8. The van der Waals surface area contributed by atoms with Gasteiger partial charge in [0.25, 0.3) is 0 Å². The van der Waals surface area contributed by atoms with E-state index < -0.39 is 12.0 Å². The van der Waals surface area contributed by atoms with Gasteiger partial charge >= 0.3 is 5.97 Å². The van der Waals surface area contributed by atoms with E-state index in [0.29, 0.717) is 17.4 Å². The van der Waals surface area contributed by atoms with Crippen LogP contribution in [0.3, 0.4) is 0 Å². The van der Waals surface area contributed by atoms with Gasteiger partial charge in [-0.05, 0) is 17.7 Å². The highest BCUT2D eigenvalue weighted by atomic mass is 32.1. The third-order valence-corrected chi connectivity index (χ3v) is 3.28. The largest absolute Gasteiger partial charge is 0.480 e. The molecule has 7 heteroatoms. The van der Waals surface area contributed by atoms with Crippen molar-refractivity contribution in [2.24, 2.45) is 5.73 Å². The molecule has 1 aromatic carbocycles. The average molecular weight is 281 g/mol. The minimum Gasteiger partial charge on any atom is -0.480 e. The standard InChI is InChI=1S/C12H12FN3O2S/c13-8-3-1-7(2-4-8)5-15-12-16-9(6-19-12)10(14)11(17)18/h1-4,6,10H,5,14H2,(H,15,16)(H,17,18). The van der Waals surface area contributed by atoms with Crippen LogP contribution in [0.15, 0.2) is 29.6 Å². The SMILES string of the molecule is NC(C(=O)O)c1csc(NCc2ccc(F)cc2)n1. The van der Waals surface area contributed by atoms with Crippen molar-refractivity contribution in [1.82, 2.24) is 4.98 Å². The number of nitrogens with two attached hydrogens (primary N) is 1. The van der Waals surface area contributed by atoms with Crippen LogP contribution in [-0.4, -0.2) is 16.1 Å². The highest BCUT2D eigenvalue weighted by molar-refractivity contribution is 7.13. The van der Waals surface area contributed by atoms with Crippen molar-refractivity contribution in [2.45, 2.75) is 12.6 Å². The van der Waals surface area contributed by atoms with Crippen LogP contribution in [0, 0.1) is 5.82 Å². The normalized spacial score (nSPS) is 12.1. The molecule has 1 atom stereocenters. The van der Waals surface area contributed by atoms with Crippen LogP contribution in [0.25, 0.3) is 0 Å². The van der Waals surface area contributed by atoms with Crippen molar-refractivity contribution in [3.05, 3.63) is 46.7 Å². The summed E-state index contributed by atoms with van der Waals surface area (Å²) in [7, 11) is 0. The Bertz CT molecular complexity index is 571. The number of aromatic nitrogens is 1. The third-order valence-electron chi connectivity index (χ3n) is 2.46. The highest BCUT2D eigenvalue weighted by Crippen LogP contribution is 2.20. The maximum absolute atomic E-state index is 12.7. The Morgan fingerprint density at radius 2 is 2.16 bits per heavy atom. The molecule has 0 amide bonds. The highest BCUT2D eigenvalue weighted by Gasteiger charge is 2.17. The first-order chi connectivity index (χ1) is 9.06. The summed E-state index contributed by atoms with van der Waals surface area (Å²) in [5.74, 6) is -1.40. The van der Waals surface area contributed by atoms with Gasteiger partial charge in [-0.15, -0.1) is 11.3 Å². The number of halogens is 1. The van der Waals surface area contributed by atoms with Crippen LogP contribution in [-0.2, 0) is 11.3 Å². The maximum Gasteiger partial charge on any atom is 0.326 e. The smallest absolute Gasteiger partial charge is 0.326 e. The molecule has 0 spiro atoms.